The summed E-state index contributed by atoms with van der Waals surface area (Å²) in [5.41, 5.74) is 0. The summed E-state index contributed by atoms with van der Waals surface area (Å²) in [7, 11) is 0. The molecule has 3 N–H and O–H groups in total. The molecule has 0 aromatic carbocycles. The van der Waals surface area contributed by atoms with E-state index in [4.69, 9.17) is 5.11 Å². The van der Waals surface area contributed by atoms with Crippen molar-refractivity contribution in [1.82, 2.24) is 10.6 Å². The molecule has 0 saturated heterocycles. The zero-order valence-electron chi connectivity index (χ0n) is 11.0. The Morgan fingerprint density at radius 2 is 1.94 bits per heavy atom. The summed E-state index contributed by atoms with van der Waals surface area (Å²) in [6.45, 7) is 7.31. The first kappa shape index (κ1) is 15.9. The largest absolute Gasteiger partial charge is 0.481 e. The van der Waals surface area contributed by atoms with Gasteiger partial charge in [-0.05, 0) is 25.8 Å². The van der Waals surface area contributed by atoms with E-state index in [-0.39, 0.29) is 24.3 Å². The van der Waals surface area contributed by atoms with Gasteiger partial charge >= 0.3 is 5.97 Å². The molecule has 1 amide bonds. The smallest absolute Gasteiger partial charge is 0.303 e. The maximum atomic E-state index is 11.5. The van der Waals surface area contributed by atoms with Crippen molar-refractivity contribution in [3.8, 4) is 0 Å². The topological polar surface area (TPSA) is 78.4 Å². The highest BCUT2D eigenvalue weighted by Crippen LogP contribution is 2.04. The van der Waals surface area contributed by atoms with Crippen LogP contribution < -0.4 is 10.6 Å². The van der Waals surface area contributed by atoms with E-state index in [2.05, 4.69) is 10.6 Å². The SMILES string of the molecule is CCNC(C)CC(=O)NCC(C)CCC(=O)O. The molecule has 0 heterocycles. The Morgan fingerprint density at radius 1 is 1.29 bits per heavy atom. The summed E-state index contributed by atoms with van der Waals surface area (Å²) >= 11 is 0. The second-order valence-electron chi connectivity index (χ2n) is 4.50. The van der Waals surface area contributed by atoms with Crippen LogP contribution in [-0.4, -0.2) is 36.1 Å². The molecule has 0 rings (SSSR count). The number of carboxylic acids is 1. The Bertz CT molecular complexity index is 244. The van der Waals surface area contributed by atoms with E-state index in [1.165, 1.54) is 0 Å². The molecule has 2 atom stereocenters. The van der Waals surface area contributed by atoms with Gasteiger partial charge in [-0.25, -0.2) is 0 Å². The van der Waals surface area contributed by atoms with Crippen molar-refractivity contribution in [3.63, 3.8) is 0 Å². The Kier molecular flexibility index (Phi) is 8.40. The summed E-state index contributed by atoms with van der Waals surface area (Å²) < 4.78 is 0. The predicted octanol–water partition coefficient (Wildman–Crippen LogP) is 0.992. The minimum absolute atomic E-state index is 0.0145. The number of aliphatic carboxylic acids is 1. The number of carbonyl (C=O) groups excluding carboxylic acids is 1. The van der Waals surface area contributed by atoms with Crippen molar-refractivity contribution in [3.05, 3.63) is 0 Å². The van der Waals surface area contributed by atoms with Gasteiger partial charge < -0.3 is 15.7 Å². The lowest BCUT2D eigenvalue weighted by Crippen LogP contribution is -2.35. The van der Waals surface area contributed by atoms with Crippen LogP contribution in [0.3, 0.4) is 0 Å². The number of carboxylic acid groups (broad SMARTS) is 1. The molecule has 0 saturated carbocycles. The van der Waals surface area contributed by atoms with E-state index in [9.17, 15) is 9.59 Å². The van der Waals surface area contributed by atoms with E-state index in [1.807, 2.05) is 20.8 Å². The molecule has 0 spiro atoms. The molecule has 0 aromatic heterocycles. The first-order valence-electron chi connectivity index (χ1n) is 6.17. The lowest BCUT2D eigenvalue weighted by Gasteiger charge is -2.14. The van der Waals surface area contributed by atoms with Crippen LogP contribution in [0.2, 0.25) is 0 Å². The molecule has 0 radical (unpaired) electrons. The average Bonchev–Trinajstić information content (AvgIpc) is 2.23. The summed E-state index contributed by atoms with van der Waals surface area (Å²) in [6, 6.07) is 0.175. The second kappa shape index (κ2) is 8.98. The summed E-state index contributed by atoms with van der Waals surface area (Å²) in [6.07, 6.45) is 1.21. The Balaban J connectivity index is 3.65. The van der Waals surface area contributed by atoms with Crippen LogP contribution in [0, 0.1) is 5.92 Å². The van der Waals surface area contributed by atoms with Crippen molar-refractivity contribution in [2.45, 2.75) is 46.1 Å². The molecule has 0 aliphatic rings. The van der Waals surface area contributed by atoms with Crippen molar-refractivity contribution in [2.75, 3.05) is 13.1 Å². The van der Waals surface area contributed by atoms with Crippen molar-refractivity contribution < 1.29 is 14.7 Å². The number of hydrogen-bond acceptors (Lipinski definition) is 3. The van der Waals surface area contributed by atoms with Crippen LogP contribution in [0.25, 0.3) is 0 Å². The predicted molar refractivity (Wildman–Crippen MR) is 66.8 cm³/mol. The molecule has 17 heavy (non-hydrogen) atoms. The average molecular weight is 244 g/mol. The molecule has 0 aliphatic heterocycles. The maximum absolute atomic E-state index is 11.5. The van der Waals surface area contributed by atoms with Gasteiger partial charge in [-0.2, -0.15) is 0 Å². The van der Waals surface area contributed by atoms with Crippen LogP contribution in [0.1, 0.15) is 40.0 Å². The lowest BCUT2D eigenvalue weighted by atomic mass is 10.1. The third kappa shape index (κ3) is 9.81. The van der Waals surface area contributed by atoms with Gasteiger partial charge in [-0.1, -0.05) is 13.8 Å². The molecular weight excluding hydrogens is 220 g/mol. The molecule has 5 nitrogen and oxygen atoms in total. The third-order valence-corrected chi connectivity index (χ3v) is 2.54. The van der Waals surface area contributed by atoms with Crippen LogP contribution in [0.5, 0.6) is 0 Å². The van der Waals surface area contributed by atoms with Gasteiger partial charge in [0.15, 0.2) is 0 Å². The molecule has 2 unspecified atom stereocenters. The van der Waals surface area contributed by atoms with Gasteiger partial charge in [0.25, 0.3) is 0 Å². The second-order valence-corrected chi connectivity index (χ2v) is 4.50. The van der Waals surface area contributed by atoms with Gasteiger partial charge in [-0.15, -0.1) is 0 Å². The lowest BCUT2D eigenvalue weighted by molar-refractivity contribution is -0.137. The fourth-order valence-corrected chi connectivity index (χ4v) is 1.53. The summed E-state index contributed by atoms with van der Waals surface area (Å²) in [5, 5.41) is 14.5. The summed E-state index contributed by atoms with van der Waals surface area (Å²) in [5.74, 6) is -0.575. The zero-order chi connectivity index (χ0) is 13.3. The molecule has 0 bridgehead atoms. The number of hydrogen-bond donors (Lipinski definition) is 3. The number of carbonyl (C=O) groups is 2. The highest BCUT2D eigenvalue weighted by molar-refractivity contribution is 5.76. The monoisotopic (exact) mass is 244 g/mol. The van der Waals surface area contributed by atoms with Crippen molar-refractivity contribution in [1.29, 1.82) is 0 Å². The van der Waals surface area contributed by atoms with Gasteiger partial charge in [0.05, 0.1) is 0 Å². The highest BCUT2D eigenvalue weighted by atomic mass is 16.4. The highest BCUT2D eigenvalue weighted by Gasteiger charge is 2.10. The van der Waals surface area contributed by atoms with Crippen LogP contribution in [0.15, 0.2) is 0 Å². The quantitative estimate of drug-likeness (QED) is 0.565. The minimum atomic E-state index is -0.788. The van der Waals surface area contributed by atoms with Crippen LogP contribution >= 0.6 is 0 Å². The number of nitrogens with one attached hydrogen (secondary N) is 2. The fourth-order valence-electron chi connectivity index (χ4n) is 1.53. The van der Waals surface area contributed by atoms with E-state index in [1.54, 1.807) is 0 Å². The van der Waals surface area contributed by atoms with Crippen LogP contribution in [0.4, 0.5) is 0 Å². The van der Waals surface area contributed by atoms with E-state index in [0.717, 1.165) is 6.54 Å². The summed E-state index contributed by atoms with van der Waals surface area (Å²) in [4.78, 5) is 21.9. The van der Waals surface area contributed by atoms with E-state index in [0.29, 0.717) is 19.4 Å². The van der Waals surface area contributed by atoms with Gasteiger partial charge in [0, 0.05) is 25.4 Å². The minimum Gasteiger partial charge on any atom is -0.481 e. The maximum Gasteiger partial charge on any atom is 0.303 e. The fraction of sp³-hybridized carbons (Fsp3) is 0.833. The molecule has 5 heteroatoms. The third-order valence-electron chi connectivity index (χ3n) is 2.54. The van der Waals surface area contributed by atoms with Crippen molar-refractivity contribution in [2.24, 2.45) is 5.92 Å². The standard InChI is InChI=1S/C12H24N2O3/c1-4-13-10(3)7-11(15)14-8-9(2)5-6-12(16)17/h9-10,13H,4-8H2,1-3H3,(H,14,15)(H,16,17). The molecule has 0 aromatic rings. The molecule has 100 valence electrons. The number of amides is 1. The van der Waals surface area contributed by atoms with Gasteiger partial charge in [-0.3, -0.25) is 9.59 Å². The van der Waals surface area contributed by atoms with E-state index >= 15 is 0 Å². The molecule has 0 fully saturated rings. The van der Waals surface area contributed by atoms with Crippen LogP contribution in [-0.2, 0) is 9.59 Å². The zero-order valence-corrected chi connectivity index (χ0v) is 11.0. The first-order chi connectivity index (χ1) is 7.95. The number of rotatable bonds is 9. The molecule has 0 aliphatic carbocycles. The van der Waals surface area contributed by atoms with Crippen molar-refractivity contribution >= 4 is 11.9 Å². The normalized spacial score (nSPS) is 14.1. The Morgan fingerprint density at radius 3 is 2.47 bits per heavy atom. The molecular formula is C12H24N2O3. The van der Waals surface area contributed by atoms with Gasteiger partial charge in [0.1, 0.15) is 0 Å². The van der Waals surface area contributed by atoms with E-state index < -0.39 is 5.97 Å². The van der Waals surface area contributed by atoms with Gasteiger partial charge in [0.2, 0.25) is 5.91 Å². The first-order valence-corrected chi connectivity index (χ1v) is 6.17. The Labute approximate surface area is 103 Å². The Hall–Kier alpha value is -1.10.